The van der Waals surface area contributed by atoms with Crippen molar-refractivity contribution < 1.29 is 4.79 Å². The second-order valence-electron chi connectivity index (χ2n) is 4.55. The molecule has 1 heterocycles. The van der Waals surface area contributed by atoms with Gasteiger partial charge in [0.1, 0.15) is 6.04 Å². The predicted molar refractivity (Wildman–Crippen MR) is 76.0 cm³/mol. The van der Waals surface area contributed by atoms with Crippen LogP contribution in [0.2, 0.25) is 5.02 Å². The lowest BCUT2D eigenvalue weighted by molar-refractivity contribution is -0.119. The van der Waals surface area contributed by atoms with E-state index >= 15 is 0 Å². The molecule has 0 aliphatic carbocycles. The fourth-order valence-electron chi connectivity index (χ4n) is 2.38. The Morgan fingerprint density at radius 3 is 2.58 bits per heavy atom. The van der Waals surface area contributed by atoms with E-state index in [2.05, 4.69) is 0 Å². The van der Waals surface area contributed by atoms with Gasteiger partial charge in [0.25, 0.3) is 0 Å². The van der Waals surface area contributed by atoms with Crippen molar-refractivity contribution in [1.29, 1.82) is 0 Å². The van der Waals surface area contributed by atoms with Gasteiger partial charge in [0.2, 0.25) is 5.91 Å². The van der Waals surface area contributed by atoms with E-state index in [0.29, 0.717) is 11.6 Å². The lowest BCUT2D eigenvalue weighted by Gasteiger charge is -2.18. The SMILES string of the molecule is N[C@H]1C(=O)N(Cc2ccccc2Cl)c2ccccc21. The lowest BCUT2D eigenvalue weighted by Crippen LogP contribution is -2.31. The number of anilines is 1. The van der Waals surface area contributed by atoms with E-state index in [4.69, 9.17) is 17.3 Å². The van der Waals surface area contributed by atoms with Gasteiger partial charge in [-0.3, -0.25) is 4.79 Å². The average molecular weight is 273 g/mol. The summed E-state index contributed by atoms with van der Waals surface area (Å²) in [6.45, 7) is 0.448. The number of nitrogens with zero attached hydrogens (tertiary/aromatic N) is 1. The van der Waals surface area contributed by atoms with Gasteiger partial charge in [-0.1, -0.05) is 48.0 Å². The van der Waals surface area contributed by atoms with Gasteiger partial charge in [-0.05, 0) is 17.7 Å². The molecule has 2 N–H and O–H groups in total. The second kappa shape index (κ2) is 4.68. The van der Waals surface area contributed by atoms with Crippen molar-refractivity contribution in [3.8, 4) is 0 Å². The molecule has 1 atom stereocenters. The van der Waals surface area contributed by atoms with Gasteiger partial charge in [-0.2, -0.15) is 0 Å². The first-order valence-electron chi connectivity index (χ1n) is 6.08. The van der Waals surface area contributed by atoms with E-state index in [1.54, 1.807) is 4.90 Å². The number of fused-ring (bicyclic) bond motifs is 1. The van der Waals surface area contributed by atoms with Crippen molar-refractivity contribution in [2.45, 2.75) is 12.6 Å². The van der Waals surface area contributed by atoms with Gasteiger partial charge < -0.3 is 10.6 Å². The van der Waals surface area contributed by atoms with Crippen LogP contribution in [-0.2, 0) is 11.3 Å². The highest BCUT2D eigenvalue weighted by Gasteiger charge is 2.34. The van der Waals surface area contributed by atoms with Crippen molar-refractivity contribution in [2.75, 3.05) is 4.90 Å². The first-order chi connectivity index (χ1) is 9.18. The van der Waals surface area contributed by atoms with Crippen LogP contribution in [0, 0.1) is 0 Å². The maximum Gasteiger partial charge on any atom is 0.248 e. The summed E-state index contributed by atoms with van der Waals surface area (Å²) in [5, 5.41) is 0.660. The Labute approximate surface area is 116 Å². The summed E-state index contributed by atoms with van der Waals surface area (Å²) in [5.41, 5.74) is 8.62. The molecule has 3 nitrogen and oxygen atoms in total. The minimum absolute atomic E-state index is 0.0823. The molecule has 2 aromatic carbocycles. The van der Waals surface area contributed by atoms with Crippen molar-refractivity contribution in [1.82, 2.24) is 0 Å². The van der Waals surface area contributed by atoms with Crippen LogP contribution in [0.25, 0.3) is 0 Å². The molecule has 0 unspecified atom stereocenters. The van der Waals surface area contributed by atoms with Crippen LogP contribution in [0.4, 0.5) is 5.69 Å². The number of carbonyl (C=O) groups is 1. The molecule has 0 bridgehead atoms. The third-order valence-electron chi connectivity index (χ3n) is 3.38. The van der Waals surface area contributed by atoms with Gasteiger partial charge in [-0.25, -0.2) is 0 Å². The van der Waals surface area contributed by atoms with Crippen molar-refractivity contribution >= 4 is 23.2 Å². The molecule has 4 heteroatoms. The Hall–Kier alpha value is -1.84. The first kappa shape index (κ1) is 12.2. The molecule has 0 aromatic heterocycles. The molecule has 0 spiro atoms. The molecule has 2 aromatic rings. The molecule has 1 aliphatic heterocycles. The van der Waals surface area contributed by atoms with E-state index in [0.717, 1.165) is 16.8 Å². The first-order valence-corrected chi connectivity index (χ1v) is 6.45. The Morgan fingerprint density at radius 1 is 1.11 bits per heavy atom. The van der Waals surface area contributed by atoms with E-state index in [1.807, 2.05) is 48.5 Å². The molecule has 19 heavy (non-hydrogen) atoms. The molecule has 96 valence electrons. The Kier molecular flexibility index (Phi) is 3.01. The van der Waals surface area contributed by atoms with Gasteiger partial charge >= 0.3 is 0 Å². The summed E-state index contributed by atoms with van der Waals surface area (Å²) < 4.78 is 0. The van der Waals surface area contributed by atoms with Crippen LogP contribution < -0.4 is 10.6 Å². The number of hydrogen-bond donors (Lipinski definition) is 1. The molecule has 0 fully saturated rings. The average Bonchev–Trinajstić information content (AvgIpc) is 2.67. The third kappa shape index (κ3) is 2.01. The van der Waals surface area contributed by atoms with Crippen molar-refractivity contribution in [3.05, 3.63) is 64.7 Å². The molecule has 0 saturated carbocycles. The number of para-hydroxylation sites is 1. The highest BCUT2D eigenvalue weighted by atomic mass is 35.5. The molecular formula is C15H13ClN2O. The molecular weight excluding hydrogens is 260 g/mol. The normalized spacial score (nSPS) is 17.7. The smallest absolute Gasteiger partial charge is 0.248 e. The summed E-state index contributed by atoms with van der Waals surface area (Å²) in [5.74, 6) is -0.0823. The summed E-state index contributed by atoms with van der Waals surface area (Å²) in [6, 6.07) is 14.6. The van der Waals surface area contributed by atoms with E-state index in [9.17, 15) is 4.79 Å². The molecule has 1 aliphatic rings. The van der Waals surface area contributed by atoms with Gasteiger partial charge in [-0.15, -0.1) is 0 Å². The monoisotopic (exact) mass is 272 g/mol. The van der Waals surface area contributed by atoms with E-state index in [1.165, 1.54) is 0 Å². The zero-order valence-electron chi connectivity index (χ0n) is 10.2. The summed E-state index contributed by atoms with van der Waals surface area (Å²) in [7, 11) is 0. The van der Waals surface area contributed by atoms with E-state index in [-0.39, 0.29) is 5.91 Å². The zero-order chi connectivity index (χ0) is 13.4. The quantitative estimate of drug-likeness (QED) is 0.914. The largest absolute Gasteiger partial charge is 0.316 e. The number of rotatable bonds is 2. The fraction of sp³-hybridized carbons (Fsp3) is 0.133. The number of hydrogen-bond acceptors (Lipinski definition) is 2. The minimum atomic E-state index is -0.571. The number of amides is 1. The fourth-order valence-corrected chi connectivity index (χ4v) is 2.57. The summed E-state index contributed by atoms with van der Waals surface area (Å²) in [4.78, 5) is 13.9. The number of nitrogens with two attached hydrogens (primary N) is 1. The van der Waals surface area contributed by atoms with Crippen LogP contribution in [0.1, 0.15) is 17.2 Å². The molecule has 0 radical (unpaired) electrons. The van der Waals surface area contributed by atoms with Gasteiger partial charge in [0, 0.05) is 16.3 Å². The van der Waals surface area contributed by atoms with Crippen LogP contribution in [0.5, 0.6) is 0 Å². The Bertz CT molecular complexity index is 642. The van der Waals surface area contributed by atoms with Gasteiger partial charge in [0.15, 0.2) is 0 Å². The topological polar surface area (TPSA) is 46.3 Å². The lowest BCUT2D eigenvalue weighted by atomic mass is 10.1. The maximum atomic E-state index is 12.2. The van der Waals surface area contributed by atoms with Gasteiger partial charge in [0.05, 0.1) is 6.54 Å². The van der Waals surface area contributed by atoms with Crippen molar-refractivity contribution in [2.24, 2.45) is 5.73 Å². The summed E-state index contributed by atoms with van der Waals surface area (Å²) in [6.07, 6.45) is 0. The van der Waals surface area contributed by atoms with Crippen LogP contribution in [-0.4, -0.2) is 5.91 Å². The van der Waals surface area contributed by atoms with E-state index < -0.39 is 6.04 Å². The maximum absolute atomic E-state index is 12.2. The molecule has 1 amide bonds. The minimum Gasteiger partial charge on any atom is -0.316 e. The second-order valence-corrected chi connectivity index (χ2v) is 4.96. The number of carbonyl (C=O) groups excluding carboxylic acids is 1. The standard InChI is InChI=1S/C15H13ClN2O/c16-12-7-3-1-5-10(12)9-18-13-8-4-2-6-11(13)14(17)15(18)19/h1-8,14H,9,17H2/t14-/m1/s1. The summed E-state index contributed by atoms with van der Waals surface area (Å²) >= 11 is 6.14. The zero-order valence-corrected chi connectivity index (χ0v) is 11.0. The van der Waals surface area contributed by atoms with Crippen LogP contribution in [0.15, 0.2) is 48.5 Å². The van der Waals surface area contributed by atoms with Crippen molar-refractivity contribution in [3.63, 3.8) is 0 Å². The molecule has 0 saturated heterocycles. The molecule has 3 rings (SSSR count). The van der Waals surface area contributed by atoms with Crippen LogP contribution >= 0.6 is 11.6 Å². The van der Waals surface area contributed by atoms with Crippen LogP contribution in [0.3, 0.4) is 0 Å². The Balaban J connectivity index is 1.98. The number of benzene rings is 2. The Morgan fingerprint density at radius 2 is 1.79 bits per heavy atom. The highest BCUT2D eigenvalue weighted by molar-refractivity contribution is 6.31. The highest BCUT2D eigenvalue weighted by Crippen LogP contribution is 2.35. The predicted octanol–water partition coefficient (Wildman–Crippen LogP) is 2.89. The third-order valence-corrected chi connectivity index (χ3v) is 3.75. The number of halogens is 1.